The second-order valence-corrected chi connectivity index (χ2v) is 3.96. The number of nitrogens with zero attached hydrogens (tertiary/aromatic N) is 2. The van der Waals surface area contributed by atoms with Crippen LogP contribution in [0.4, 0.5) is 11.4 Å². The summed E-state index contributed by atoms with van der Waals surface area (Å²) in [6.45, 7) is -0.313. The molecule has 0 aliphatic rings. The van der Waals surface area contributed by atoms with E-state index >= 15 is 0 Å². The molecular weight excluding hydrogens is 268 g/mol. The van der Waals surface area contributed by atoms with Gasteiger partial charge in [0.15, 0.2) is 0 Å². The highest BCUT2D eigenvalue weighted by Gasteiger charge is 2.25. The summed E-state index contributed by atoms with van der Waals surface area (Å²) in [5.41, 5.74) is -0.354. The van der Waals surface area contributed by atoms with Gasteiger partial charge in [-0.05, 0) is 12.1 Å². The molecule has 0 bridgehead atoms. The number of nitro benzene ring substituents is 2. The van der Waals surface area contributed by atoms with E-state index in [4.69, 9.17) is 9.52 Å². The number of hydrogen-bond donors (Lipinski definition) is 1. The van der Waals surface area contributed by atoms with Crippen LogP contribution < -0.4 is 0 Å². The summed E-state index contributed by atoms with van der Waals surface area (Å²) in [5, 5.41) is 31.0. The maximum Gasteiger partial charge on any atom is 0.280 e. The minimum atomic E-state index is -0.706. The van der Waals surface area contributed by atoms with Crippen molar-refractivity contribution in [2.45, 2.75) is 6.42 Å². The molecule has 0 fully saturated rings. The van der Waals surface area contributed by atoms with E-state index in [1.807, 2.05) is 0 Å². The molecule has 1 heterocycles. The zero-order valence-electron chi connectivity index (χ0n) is 10.2. The van der Waals surface area contributed by atoms with Crippen LogP contribution >= 0.6 is 0 Å². The van der Waals surface area contributed by atoms with Gasteiger partial charge in [-0.2, -0.15) is 0 Å². The SMILES string of the molecule is O=[N+]([O-])c1cc(-c2ccco2)c(CCO)c([N+](=O)[O-])c1. The van der Waals surface area contributed by atoms with Crippen LogP contribution in [0.2, 0.25) is 0 Å². The van der Waals surface area contributed by atoms with Crippen molar-refractivity contribution in [2.75, 3.05) is 6.61 Å². The molecule has 1 aromatic carbocycles. The average molecular weight is 278 g/mol. The van der Waals surface area contributed by atoms with Crippen molar-refractivity contribution in [1.29, 1.82) is 0 Å². The van der Waals surface area contributed by atoms with Crippen LogP contribution in [0.1, 0.15) is 5.56 Å². The first-order valence-corrected chi connectivity index (χ1v) is 5.65. The first-order valence-electron chi connectivity index (χ1n) is 5.65. The topological polar surface area (TPSA) is 120 Å². The van der Waals surface area contributed by atoms with Gasteiger partial charge in [0, 0.05) is 30.2 Å². The van der Waals surface area contributed by atoms with Crippen molar-refractivity contribution in [2.24, 2.45) is 0 Å². The smallest absolute Gasteiger partial charge is 0.280 e. The van der Waals surface area contributed by atoms with Crippen LogP contribution in [-0.2, 0) is 6.42 Å². The first kappa shape index (κ1) is 13.7. The lowest BCUT2D eigenvalue weighted by Crippen LogP contribution is -2.02. The fraction of sp³-hybridized carbons (Fsp3) is 0.167. The minimum Gasteiger partial charge on any atom is -0.464 e. The maximum atomic E-state index is 11.1. The van der Waals surface area contributed by atoms with Gasteiger partial charge in [-0.15, -0.1) is 0 Å². The number of benzene rings is 1. The number of rotatable bonds is 5. The quantitative estimate of drug-likeness (QED) is 0.661. The lowest BCUT2D eigenvalue weighted by molar-refractivity contribution is -0.394. The summed E-state index contributed by atoms with van der Waals surface area (Å²) in [4.78, 5) is 20.5. The molecule has 0 atom stereocenters. The molecule has 1 N–H and O–H groups in total. The number of hydrogen-bond acceptors (Lipinski definition) is 6. The van der Waals surface area contributed by atoms with Gasteiger partial charge in [0.25, 0.3) is 11.4 Å². The largest absolute Gasteiger partial charge is 0.464 e. The molecule has 0 saturated carbocycles. The van der Waals surface area contributed by atoms with Gasteiger partial charge in [0.05, 0.1) is 22.2 Å². The molecule has 0 aliphatic carbocycles. The Hall–Kier alpha value is -2.74. The summed E-state index contributed by atoms with van der Waals surface area (Å²) >= 11 is 0. The summed E-state index contributed by atoms with van der Waals surface area (Å²) < 4.78 is 5.15. The lowest BCUT2D eigenvalue weighted by atomic mass is 9.99. The van der Waals surface area contributed by atoms with E-state index in [0.717, 1.165) is 6.07 Å². The van der Waals surface area contributed by atoms with Gasteiger partial charge in [0.1, 0.15) is 5.76 Å². The van der Waals surface area contributed by atoms with E-state index in [2.05, 4.69) is 0 Å². The van der Waals surface area contributed by atoms with Gasteiger partial charge in [-0.1, -0.05) is 0 Å². The molecular formula is C12H10N2O6. The van der Waals surface area contributed by atoms with Gasteiger partial charge in [-0.25, -0.2) is 0 Å². The van der Waals surface area contributed by atoms with E-state index < -0.39 is 21.2 Å². The molecule has 0 amide bonds. The van der Waals surface area contributed by atoms with Crippen molar-refractivity contribution < 1.29 is 19.4 Å². The predicted molar refractivity (Wildman–Crippen MR) is 68.2 cm³/mol. The summed E-state index contributed by atoms with van der Waals surface area (Å²) in [6.07, 6.45) is 1.37. The third-order valence-electron chi connectivity index (χ3n) is 2.77. The third-order valence-corrected chi connectivity index (χ3v) is 2.77. The normalized spacial score (nSPS) is 10.4. The molecule has 0 saturated heterocycles. The Balaban J connectivity index is 2.74. The fourth-order valence-corrected chi connectivity index (χ4v) is 1.94. The fourth-order valence-electron chi connectivity index (χ4n) is 1.94. The summed E-state index contributed by atoms with van der Waals surface area (Å²) in [7, 11) is 0. The Bertz CT molecular complexity index is 650. The molecule has 8 heteroatoms. The maximum absolute atomic E-state index is 11.1. The van der Waals surface area contributed by atoms with Crippen LogP contribution in [0, 0.1) is 20.2 Å². The van der Waals surface area contributed by atoms with Crippen molar-refractivity contribution in [3.05, 3.63) is 56.3 Å². The van der Waals surface area contributed by atoms with E-state index in [1.54, 1.807) is 12.1 Å². The number of aliphatic hydroxyl groups is 1. The molecule has 8 nitrogen and oxygen atoms in total. The molecule has 0 radical (unpaired) electrons. The summed E-state index contributed by atoms with van der Waals surface area (Å²) in [6, 6.07) is 5.21. The van der Waals surface area contributed by atoms with Crippen LogP contribution in [-0.4, -0.2) is 21.6 Å². The minimum absolute atomic E-state index is 0.00431. The van der Waals surface area contributed by atoms with Crippen LogP contribution in [0.15, 0.2) is 34.9 Å². The van der Waals surface area contributed by atoms with E-state index in [0.29, 0.717) is 0 Å². The summed E-state index contributed by atoms with van der Waals surface area (Å²) in [5.74, 6) is 0.278. The average Bonchev–Trinajstić information content (AvgIpc) is 2.92. The van der Waals surface area contributed by atoms with Gasteiger partial charge in [0.2, 0.25) is 0 Å². The molecule has 0 aliphatic heterocycles. The number of aliphatic hydroxyl groups excluding tert-OH is 1. The Morgan fingerprint density at radius 3 is 2.45 bits per heavy atom. The second kappa shape index (κ2) is 5.49. The highest BCUT2D eigenvalue weighted by molar-refractivity contribution is 5.71. The molecule has 1 aromatic heterocycles. The highest BCUT2D eigenvalue weighted by atomic mass is 16.6. The second-order valence-electron chi connectivity index (χ2n) is 3.96. The monoisotopic (exact) mass is 278 g/mol. The lowest BCUT2D eigenvalue weighted by Gasteiger charge is -2.07. The van der Waals surface area contributed by atoms with E-state index in [1.165, 1.54) is 12.3 Å². The molecule has 20 heavy (non-hydrogen) atoms. The van der Waals surface area contributed by atoms with E-state index in [-0.39, 0.29) is 29.9 Å². The van der Waals surface area contributed by atoms with Crippen molar-refractivity contribution in [3.8, 4) is 11.3 Å². The van der Waals surface area contributed by atoms with E-state index in [9.17, 15) is 20.2 Å². The van der Waals surface area contributed by atoms with Crippen molar-refractivity contribution in [1.82, 2.24) is 0 Å². The predicted octanol–water partition coefficient (Wildman–Crippen LogP) is 2.30. The van der Waals surface area contributed by atoms with Gasteiger partial charge in [-0.3, -0.25) is 20.2 Å². The number of non-ortho nitro benzene ring substituents is 1. The molecule has 104 valence electrons. The highest BCUT2D eigenvalue weighted by Crippen LogP contribution is 2.35. The van der Waals surface area contributed by atoms with Gasteiger partial charge < -0.3 is 9.52 Å². The molecule has 2 rings (SSSR count). The molecule has 0 spiro atoms. The number of furan rings is 1. The Morgan fingerprint density at radius 1 is 1.20 bits per heavy atom. The molecule has 0 unspecified atom stereocenters. The Morgan fingerprint density at radius 2 is 1.95 bits per heavy atom. The Kier molecular flexibility index (Phi) is 3.76. The number of nitro groups is 2. The zero-order valence-corrected chi connectivity index (χ0v) is 10.2. The zero-order chi connectivity index (χ0) is 14.7. The third kappa shape index (κ3) is 2.50. The van der Waals surface area contributed by atoms with Crippen molar-refractivity contribution >= 4 is 11.4 Å². The van der Waals surface area contributed by atoms with Crippen molar-refractivity contribution in [3.63, 3.8) is 0 Å². The standard InChI is InChI=1S/C12H10N2O6/c15-4-3-9-10(12-2-1-5-20-12)6-8(13(16)17)7-11(9)14(18)19/h1-2,5-7,15H,3-4H2. The van der Waals surface area contributed by atoms with Crippen LogP contribution in [0.25, 0.3) is 11.3 Å². The van der Waals surface area contributed by atoms with Crippen LogP contribution in [0.3, 0.4) is 0 Å². The first-order chi connectivity index (χ1) is 9.54. The Labute approximate surface area is 112 Å². The van der Waals surface area contributed by atoms with Gasteiger partial charge >= 0.3 is 0 Å². The molecule has 2 aromatic rings. The van der Waals surface area contributed by atoms with Crippen LogP contribution in [0.5, 0.6) is 0 Å².